The van der Waals surface area contributed by atoms with Gasteiger partial charge in [-0.25, -0.2) is 0 Å². The molecule has 1 rings (SSSR count). The topological polar surface area (TPSA) is 46.3 Å². The zero-order valence-corrected chi connectivity index (χ0v) is 12.0. The maximum absolute atomic E-state index is 11.9. The zero-order valence-electron chi connectivity index (χ0n) is 11.2. The van der Waals surface area contributed by atoms with Gasteiger partial charge in [-0.2, -0.15) is 0 Å². The number of amides is 1. The van der Waals surface area contributed by atoms with Crippen LogP contribution in [-0.2, 0) is 11.3 Å². The smallest absolute Gasteiger partial charge is 0.222 e. The fourth-order valence-electron chi connectivity index (χ4n) is 1.57. The lowest BCUT2D eigenvalue weighted by molar-refractivity contribution is -0.130. The van der Waals surface area contributed by atoms with Gasteiger partial charge >= 0.3 is 0 Å². The van der Waals surface area contributed by atoms with E-state index in [9.17, 15) is 4.79 Å². The molecule has 4 heteroatoms. The Morgan fingerprint density at radius 3 is 2.39 bits per heavy atom. The number of halogens is 1. The standard InChI is InChI=1S/C14H21ClN2O/c1-14(2,16)9-8-13(18)17(3)10-11-4-6-12(15)7-5-11/h4-7H,8-10,16H2,1-3H3. The predicted octanol–water partition coefficient (Wildman–Crippen LogP) is 2.82. The molecular weight excluding hydrogens is 248 g/mol. The Morgan fingerprint density at radius 1 is 1.33 bits per heavy atom. The van der Waals surface area contributed by atoms with Gasteiger partial charge < -0.3 is 10.6 Å². The number of rotatable bonds is 5. The fourth-order valence-corrected chi connectivity index (χ4v) is 1.70. The summed E-state index contributed by atoms with van der Waals surface area (Å²) in [5, 5.41) is 0.706. The number of hydrogen-bond acceptors (Lipinski definition) is 2. The number of hydrogen-bond donors (Lipinski definition) is 1. The Balaban J connectivity index is 2.47. The summed E-state index contributed by atoms with van der Waals surface area (Å²) in [6.07, 6.45) is 1.17. The molecule has 0 saturated carbocycles. The minimum absolute atomic E-state index is 0.114. The third-order valence-corrected chi connectivity index (χ3v) is 2.99. The molecule has 2 N–H and O–H groups in total. The summed E-state index contributed by atoms with van der Waals surface area (Å²) in [6.45, 7) is 4.46. The minimum atomic E-state index is -0.295. The maximum Gasteiger partial charge on any atom is 0.222 e. The van der Waals surface area contributed by atoms with Crippen LogP contribution >= 0.6 is 11.6 Å². The molecule has 1 aromatic carbocycles. The Kier molecular flexibility index (Phi) is 5.17. The van der Waals surface area contributed by atoms with Crippen LogP contribution in [0.25, 0.3) is 0 Å². The van der Waals surface area contributed by atoms with E-state index in [4.69, 9.17) is 17.3 Å². The third kappa shape index (κ3) is 5.52. The molecule has 0 heterocycles. The molecule has 0 aliphatic carbocycles. The average molecular weight is 269 g/mol. The summed E-state index contributed by atoms with van der Waals surface area (Å²) >= 11 is 5.82. The van der Waals surface area contributed by atoms with Crippen LogP contribution in [-0.4, -0.2) is 23.4 Å². The Hall–Kier alpha value is -1.06. The van der Waals surface area contributed by atoms with Crippen molar-refractivity contribution >= 4 is 17.5 Å². The van der Waals surface area contributed by atoms with E-state index >= 15 is 0 Å². The number of benzene rings is 1. The van der Waals surface area contributed by atoms with E-state index < -0.39 is 0 Å². The van der Waals surface area contributed by atoms with Crippen LogP contribution in [0.3, 0.4) is 0 Å². The van der Waals surface area contributed by atoms with Crippen LogP contribution in [0.1, 0.15) is 32.3 Å². The highest BCUT2D eigenvalue weighted by molar-refractivity contribution is 6.30. The van der Waals surface area contributed by atoms with Crippen LogP contribution < -0.4 is 5.73 Å². The molecular formula is C14H21ClN2O. The van der Waals surface area contributed by atoms with Crippen molar-refractivity contribution < 1.29 is 4.79 Å². The van der Waals surface area contributed by atoms with E-state index in [-0.39, 0.29) is 11.4 Å². The molecule has 3 nitrogen and oxygen atoms in total. The van der Waals surface area contributed by atoms with Gasteiger partial charge in [0.25, 0.3) is 0 Å². The van der Waals surface area contributed by atoms with Gasteiger partial charge in [-0.05, 0) is 38.0 Å². The van der Waals surface area contributed by atoms with Crippen LogP contribution in [0.5, 0.6) is 0 Å². The van der Waals surface area contributed by atoms with Crippen molar-refractivity contribution in [1.82, 2.24) is 4.90 Å². The van der Waals surface area contributed by atoms with E-state index in [2.05, 4.69) is 0 Å². The van der Waals surface area contributed by atoms with Gasteiger partial charge in [-0.1, -0.05) is 23.7 Å². The Morgan fingerprint density at radius 2 is 1.89 bits per heavy atom. The summed E-state index contributed by atoms with van der Waals surface area (Å²) in [5.41, 5.74) is 6.64. The highest BCUT2D eigenvalue weighted by Crippen LogP contribution is 2.13. The van der Waals surface area contributed by atoms with E-state index in [1.807, 2.05) is 38.1 Å². The average Bonchev–Trinajstić information content (AvgIpc) is 2.28. The molecule has 100 valence electrons. The van der Waals surface area contributed by atoms with Gasteiger partial charge in [0.05, 0.1) is 0 Å². The number of nitrogens with zero attached hydrogens (tertiary/aromatic N) is 1. The van der Waals surface area contributed by atoms with Crippen LogP contribution in [0.4, 0.5) is 0 Å². The van der Waals surface area contributed by atoms with E-state index in [0.29, 0.717) is 24.4 Å². The largest absolute Gasteiger partial charge is 0.341 e. The second-order valence-corrected chi connectivity index (χ2v) is 5.80. The second-order valence-electron chi connectivity index (χ2n) is 5.36. The molecule has 0 aliphatic heterocycles. The summed E-state index contributed by atoms with van der Waals surface area (Å²) in [5.74, 6) is 0.114. The predicted molar refractivity (Wildman–Crippen MR) is 75.4 cm³/mol. The molecule has 0 radical (unpaired) electrons. The van der Waals surface area contributed by atoms with Crippen LogP contribution in [0, 0.1) is 0 Å². The van der Waals surface area contributed by atoms with Crippen molar-refractivity contribution in [2.24, 2.45) is 5.73 Å². The summed E-state index contributed by atoms with van der Waals surface area (Å²) in [6, 6.07) is 7.52. The lowest BCUT2D eigenvalue weighted by Gasteiger charge is -2.21. The van der Waals surface area contributed by atoms with Crippen LogP contribution in [0.15, 0.2) is 24.3 Å². The highest BCUT2D eigenvalue weighted by Gasteiger charge is 2.15. The molecule has 0 saturated heterocycles. The first-order chi connectivity index (χ1) is 8.28. The van der Waals surface area contributed by atoms with Crippen molar-refractivity contribution in [3.63, 3.8) is 0 Å². The Labute approximate surface area is 114 Å². The molecule has 0 aliphatic rings. The van der Waals surface area contributed by atoms with Gasteiger partial charge in [-0.15, -0.1) is 0 Å². The van der Waals surface area contributed by atoms with Gasteiger partial charge in [0, 0.05) is 30.6 Å². The number of carbonyl (C=O) groups is 1. The molecule has 0 aromatic heterocycles. The van der Waals surface area contributed by atoms with Crippen molar-refractivity contribution in [3.8, 4) is 0 Å². The van der Waals surface area contributed by atoms with Gasteiger partial charge in [0.15, 0.2) is 0 Å². The monoisotopic (exact) mass is 268 g/mol. The van der Waals surface area contributed by atoms with Gasteiger partial charge in [-0.3, -0.25) is 4.79 Å². The van der Waals surface area contributed by atoms with E-state index in [0.717, 1.165) is 5.56 Å². The van der Waals surface area contributed by atoms with Crippen LogP contribution in [0.2, 0.25) is 5.02 Å². The number of carbonyl (C=O) groups excluding carboxylic acids is 1. The Bertz CT molecular complexity index is 395. The quantitative estimate of drug-likeness (QED) is 0.893. The molecule has 18 heavy (non-hydrogen) atoms. The van der Waals surface area contributed by atoms with Crippen molar-refractivity contribution in [1.29, 1.82) is 0 Å². The first kappa shape index (κ1) is 15.0. The maximum atomic E-state index is 11.9. The van der Waals surface area contributed by atoms with Crippen molar-refractivity contribution in [3.05, 3.63) is 34.9 Å². The second kappa shape index (κ2) is 6.21. The molecule has 0 spiro atoms. The summed E-state index contributed by atoms with van der Waals surface area (Å²) in [4.78, 5) is 13.6. The fraction of sp³-hybridized carbons (Fsp3) is 0.500. The first-order valence-electron chi connectivity index (χ1n) is 6.05. The minimum Gasteiger partial charge on any atom is -0.341 e. The third-order valence-electron chi connectivity index (χ3n) is 2.74. The van der Waals surface area contributed by atoms with E-state index in [1.54, 1.807) is 11.9 Å². The molecule has 1 aromatic rings. The first-order valence-corrected chi connectivity index (χ1v) is 6.43. The highest BCUT2D eigenvalue weighted by atomic mass is 35.5. The molecule has 1 amide bonds. The summed E-state index contributed by atoms with van der Waals surface area (Å²) in [7, 11) is 1.81. The SMILES string of the molecule is CN(Cc1ccc(Cl)cc1)C(=O)CCC(C)(C)N. The van der Waals surface area contributed by atoms with Crippen molar-refractivity contribution in [2.75, 3.05) is 7.05 Å². The zero-order chi connectivity index (χ0) is 13.8. The normalized spacial score (nSPS) is 11.4. The summed E-state index contributed by atoms with van der Waals surface area (Å²) < 4.78 is 0. The molecule has 0 unspecified atom stereocenters. The number of nitrogens with two attached hydrogens (primary N) is 1. The molecule has 0 atom stereocenters. The van der Waals surface area contributed by atoms with Crippen molar-refractivity contribution in [2.45, 2.75) is 38.8 Å². The lowest BCUT2D eigenvalue weighted by atomic mass is 10.00. The molecule has 0 fully saturated rings. The lowest BCUT2D eigenvalue weighted by Crippen LogP contribution is -2.34. The molecule has 0 bridgehead atoms. The van der Waals surface area contributed by atoms with Gasteiger partial charge in [0.2, 0.25) is 5.91 Å². The van der Waals surface area contributed by atoms with E-state index in [1.165, 1.54) is 0 Å². The van der Waals surface area contributed by atoms with Gasteiger partial charge in [0.1, 0.15) is 0 Å².